The highest BCUT2D eigenvalue weighted by Gasteiger charge is 2.21. The third-order valence-electron chi connectivity index (χ3n) is 2.28. The second-order valence-corrected chi connectivity index (χ2v) is 3.40. The van der Waals surface area contributed by atoms with Crippen molar-refractivity contribution in [3.63, 3.8) is 0 Å². The summed E-state index contributed by atoms with van der Waals surface area (Å²) in [5.41, 5.74) is 0.640. The Labute approximate surface area is 94.4 Å². The number of Topliss-reactive ketones (excluding diaryl/α,β-unsaturated/α-hetero) is 1. The van der Waals surface area contributed by atoms with E-state index in [0.717, 1.165) is 0 Å². The van der Waals surface area contributed by atoms with Crippen molar-refractivity contribution in [1.29, 1.82) is 0 Å². The van der Waals surface area contributed by atoms with E-state index in [1.54, 1.807) is 25.1 Å². The molecule has 82 valence electrons. The van der Waals surface area contributed by atoms with E-state index in [1.807, 2.05) is 0 Å². The average molecular weight is 216 g/mol. The maximum Gasteiger partial charge on any atom is 0.203 e. The molecule has 1 aliphatic heterocycles. The number of carbonyl (C=O) groups excluding carboxylic acids is 1. The maximum absolute atomic E-state index is 11.3. The summed E-state index contributed by atoms with van der Waals surface area (Å²) in [5, 5.41) is 0. The summed E-state index contributed by atoms with van der Waals surface area (Å²) >= 11 is 0. The Kier molecular flexibility index (Phi) is 3.11. The molecule has 0 amide bonds. The molecule has 0 aromatic heterocycles. The average Bonchev–Trinajstić information content (AvgIpc) is 2.66. The van der Waals surface area contributed by atoms with E-state index < -0.39 is 0 Å². The summed E-state index contributed by atoms with van der Waals surface area (Å²) in [4.78, 5) is 11.3. The Balaban J connectivity index is 2.01. The number of ether oxygens (including phenoxy) is 2. The molecule has 1 heterocycles. The number of benzene rings is 1. The third kappa shape index (κ3) is 2.17. The molecule has 0 unspecified atom stereocenters. The van der Waals surface area contributed by atoms with Gasteiger partial charge in [-0.3, -0.25) is 4.79 Å². The van der Waals surface area contributed by atoms with E-state index in [4.69, 9.17) is 9.47 Å². The molecule has 0 aliphatic carbocycles. The molecule has 1 aromatic carbocycles. The van der Waals surface area contributed by atoms with Gasteiger partial charge in [-0.15, -0.1) is 11.8 Å². The lowest BCUT2D eigenvalue weighted by atomic mass is 10.1. The van der Waals surface area contributed by atoms with Gasteiger partial charge in [0, 0.05) is 12.5 Å². The van der Waals surface area contributed by atoms with Crippen LogP contribution in [0.15, 0.2) is 18.2 Å². The molecule has 2 rings (SSSR count). The van der Waals surface area contributed by atoms with E-state index in [-0.39, 0.29) is 12.4 Å². The van der Waals surface area contributed by atoms with Crippen molar-refractivity contribution < 1.29 is 14.3 Å². The van der Waals surface area contributed by atoms with Gasteiger partial charge in [0.05, 0.1) is 12.2 Å². The van der Waals surface area contributed by atoms with Crippen LogP contribution in [0.1, 0.15) is 23.7 Å². The first-order valence-corrected chi connectivity index (χ1v) is 5.13. The molecule has 1 aromatic rings. The molecular weight excluding hydrogens is 204 g/mol. The highest BCUT2D eigenvalue weighted by molar-refractivity contribution is 6.02. The van der Waals surface area contributed by atoms with Crippen LogP contribution < -0.4 is 9.47 Å². The standard InChI is InChI=1S/C13H12O3/c1-2-3-4-7-15-10-5-6-11-12(14)9-16-13(11)8-10/h5-6,8H,4,7,9H2,1H3. The molecule has 0 radical (unpaired) electrons. The number of hydrogen-bond donors (Lipinski definition) is 0. The van der Waals surface area contributed by atoms with Crippen molar-refractivity contribution in [2.75, 3.05) is 13.2 Å². The summed E-state index contributed by atoms with van der Waals surface area (Å²) in [7, 11) is 0. The smallest absolute Gasteiger partial charge is 0.203 e. The lowest BCUT2D eigenvalue weighted by Crippen LogP contribution is -1.98. The normalized spacial score (nSPS) is 12.4. The molecule has 3 nitrogen and oxygen atoms in total. The molecule has 16 heavy (non-hydrogen) atoms. The lowest BCUT2D eigenvalue weighted by Gasteiger charge is -2.05. The first-order chi connectivity index (χ1) is 7.81. The number of ketones is 1. The van der Waals surface area contributed by atoms with Gasteiger partial charge in [0.25, 0.3) is 0 Å². The fourth-order valence-electron chi connectivity index (χ4n) is 1.51. The van der Waals surface area contributed by atoms with Gasteiger partial charge in [0.1, 0.15) is 11.5 Å². The molecule has 0 saturated heterocycles. The minimum absolute atomic E-state index is 0.0263. The number of hydrogen-bond acceptors (Lipinski definition) is 3. The largest absolute Gasteiger partial charge is 0.492 e. The zero-order valence-electron chi connectivity index (χ0n) is 9.08. The Bertz CT molecular complexity index is 466. The minimum Gasteiger partial charge on any atom is -0.492 e. The molecule has 0 fully saturated rings. The predicted molar refractivity (Wildman–Crippen MR) is 59.8 cm³/mol. The third-order valence-corrected chi connectivity index (χ3v) is 2.28. The van der Waals surface area contributed by atoms with Crippen LogP contribution in [0.25, 0.3) is 0 Å². The van der Waals surface area contributed by atoms with Crippen LogP contribution in [0.2, 0.25) is 0 Å². The highest BCUT2D eigenvalue weighted by Crippen LogP contribution is 2.29. The zero-order valence-corrected chi connectivity index (χ0v) is 9.08. The minimum atomic E-state index is 0.0263. The van der Waals surface area contributed by atoms with Crippen molar-refractivity contribution in [2.45, 2.75) is 13.3 Å². The number of carbonyl (C=O) groups is 1. The van der Waals surface area contributed by atoms with E-state index in [1.165, 1.54) is 0 Å². The van der Waals surface area contributed by atoms with Crippen molar-refractivity contribution >= 4 is 5.78 Å². The molecular formula is C13H12O3. The highest BCUT2D eigenvalue weighted by atomic mass is 16.5. The monoisotopic (exact) mass is 216 g/mol. The Morgan fingerprint density at radius 1 is 1.50 bits per heavy atom. The van der Waals surface area contributed by atoms with Gasteiger partial charge in [-0.05, 0) is 19.1 Å². The molecule has 3 heteroatoms. The summed E-state index contributed by atoms with van der Waals surface area (Å²) in [6.45, 7) is 2.49. The fraction of sp³-hybridized carbons (Fsp3) is 0.308. The zero-order chi connectivity index (χ0) is 11.4. The van der Waals surface area contributed by atoms with Crippen LogP contribution >= 0.6 is 0 Å². The molecule has 0 N–H and O–H groups in total. The Morgan fingerprint density at radius 3 is 3.19 bits per heavy atom. The van der Waals surface area contributed by atoms with Crippen LogP contribution in [-0.4, -0.2) is 19.0 Å². The van der Waals surface area contributed by atoms with Gasteiger partial charge in [0.2, 0.25) is 5.78 Å². The van der Waals surface area contributed by atoms with E-state index in [0.29, 0.717) is 30.1 Å². The SMILES string of the molecule is CC#CCCOc1ccc2c(c1)OCC2=O. The molecule has 0 spiro atoms. The van der Waals surface area contributed by atoms with Gasteiger partial charge in [-0.2, -0.15) is 0 Å². The van der Waals surface area contributed by atoms with Gasteiger partial charge < -0.3 is 9.47 Å². The summed E-state index contributed by atoms with van der Waals surface area (Å²) in [5.74, 6) is 7.08. The quantitative estimate of drug-likeness (QED) is 0.573. The van der Waals surface area contributed by atoms with Gasteiger partial charge in [-0.1, -0.05) is 0 Å². The van der Waals surface area contributed by atoms with Crippen molar-refractivity contribution in [3.05, 3.63) is 23.8 Å². The topological polar surface area (TPSA) is 35.5 Å². The Hall–Kier alpha value is -1.95. The number of fused-ring (bicyclic) bond motifs is 1. The summed E-state index contributed by atoms with van der Waals surface area (Å²) in [6.07, 6.45) is 0.702. The first-order valence-electron chi connectivity index (χ1n) is 5.13. The second-order valence-electron chi connectivity index (χ2n) is 3.40. The van der Waals surface area contributed by atoms with Crippen LogP contribution in [0.3, 0.4) is 0 Å². The summed E-state index contributed by atoms with van der Waals surface area (Å²) in [6, 6.07) is 5.27. The second kappa shape index (κ2) is 4.71. The predicted octanol–water partition coefficient (Wildman–Crippen LogP) is 2.05. The van der Waals surface area contributed by atoms with Gasteiger partial charge in [0.15, 0.2) is 6.61 Å². The molecule has 1 aliphatic rings. The molecule has 0 atom stereocenters. The molecule has 0 saturated carbocycles. The van der Waals surface area contributed by atoms with Gasteiger partial charge >= 0.3 is 0 Å². The van der Waals surface area contributed by atoms with Crippen LogP contribution in [-0.2, 0) is 0 Å². The van der Waals surface area contributed by atoms with Crippen molar-refractivity contribution in [1.82, 2.24) is 0 Å². The maximum atomic E-state index is 11.3. The summed E-state index contributed by atoms with van der Waals surface area (Å²) < 4.78 is 10.7. The fourth-order valence-corrected chi connectivity index (χ4v) is 1.51. The Morgan fingerprint density at radius 2 is 2.38 bits per heavy atom. The van der Waals surface area contributed by atoms with Crippen LogP contribution in [0, 0.1) is 11.8 Å². The van der Waals surface area contributed by atoms with E-state index in [9.17, 15) is 4.79 Å². The molecule has 0 bridgehead atoms. The van der Waals surface area contributed by atoms with E-state index >= 15 is 0 Å². The first kappa shape index (κ1) is 10.6. The van der Waals surface area contributed by atoms with Gasteiger partial charge in [-0.25, -0.2) is 0 Å². The van der Waals surface area contributed by atoms with Crippen LogP contribution in [0.5, 0.6) is 11.5 Å². The van der Waals surface area contributed by atoms with Crippen LogP contribution in [0.4, 0.5) is 0 Å². The van der Waals surface area contributed by atoms with E-state index in [2.05, 4.69) is 11.8 Å². The van der Waals surface area contributed by atoms with Crippen molar-refractivity contribution in [3.8, 4) is 23.3 Å². The lowest BCUT2D eigenvalue weighted by molar-refractivity contribution is 0.0961. The number of rotatable bonds is 3. The van der Waals surface area contributed by atoms with Crippen molar-refractivity contribution in [2.24, 2.45) is 0 Å².